The van der Waals surface area contributed by atoms with Crippen LogP contribution in [0.15, 0.2) is 45.5 Å². The fourth-order valence-corrected chi connectivity index (χ4v) is 2.94. The summed E-state index contributed by atoms with van der Waals surface area (Å²) in [6, 6.07) is 9.46. The first-order chi connectivity index (χ1) is 9.59. The van der Waals surface area contributed by atoms with Crippen molar-refractivity contribution in [1.82, 2.24) is 4.57 Å². The van der Waals surface area contributed by atoms with Crippen LogP contribution in [0.3, 0.4) is 0 Å². The number of aromatic nitrogens is 1. The highest BCUT2D eigenvalue weighted by atomic mass is 79.9. The van der Waals surface area contributed by atoms with E-state index in [1.165, 1.54) is 12.3 Å². The summed E-state index contributed by atoms with van der Waals surface area (Å²) in [7, 11) is 0. The smallest absolute Gasteiger partial charge is 0.339 e. The average Bonchev–Trinajstić information content (AvgIpc) is 2.99. The lowest BCUT2D eigenvalue weighted by Gasteiger charge is -2.07. The average molecular weight is 334 g/mol. The predicted octanol–water partition coefficient (Wildman–Crippen LogP) is 4.05. The third-order valence-electron chi connectivity index (χ3n) is 3.43. The van der Waals surface area contributed by atoms with Crippen LogP contribution in [0, 0.1) is 6.92 Å². The van der Waals surface area contributed by atoms with E-state index in [1.54, 1.807) is 0 Å². The van der Waals surface area contributed by atoms with Crippen LogP contribution in [-0.2, 0) is 6.54 Å². The minimum atomic E-state index is -0.970. The molecule has 0 radical (unpaired) electrons. The fraction of sp³-hybridized carbons (Fsp3) is 0.133. The van der Waals surface area contributed by atoms with Crippen LogP contribution in [0.1, 0.15) is 21.8 Å². The van der Waals surface area contributed by atoms with Crippen molar-refractivity contribution in [3.8, 4) is 0 Å². The van der Waals surface area contributed by atoms with E-state index in [9.17, 15) is 4.79 Å². The van der Waals surface area contributed by atoms with Crippen LogP contribution in [0.4, 0.5) is 0 Å². The SMILES string of the molecule is Cc1c(Br)c2ccccc2n1Cc1occc1C(=O)O. The largest absolute Gasteiger partial charge is 0.478 e. The summed E-state index contributed by atoms with van der Waals surface area (Å²) in [5.41, 5.74) is 2.29. The van der Waals surface area contributed by atoms with E-state index in [0.29, 0.717) is 12.3 Å². The fourth-order valence-electron chi connectivity index (χ4n) is 2.39. The number of fused-ring (bicyclic) bond motifs is 1. The van der Waals surface area contributed by atoms with Crippen LogP contribution in [0.25, 0.3) is 10.9 Å². The quantitative estimate of drug-likeness (QED) is 0.786. The van der Waals surface area contributed by atoms with Crippen molar-refractivity contribution >= 4 is 32.8 Å². The zero-order chi connectivity index (χ0) is 14.3. The number of nitrogens with zero attached hydrogens (tertiary/aromatic N) is 1. The molecule has 2 aromatic heterocycles. The molecule has 1 aromatic carbocycles. The van der Waals surface area contributed by atoms with Crippen LogP contribution in [0.5, 0.6) is 0 Å². The monoisotopic (exact) mass is 333 g/mol. The molecule has 0 atom stereocenters. The molecule has 20 heavy (non-hydrogen) atoms. The topological polar surface area (TPSA) is 55.4 Å². The summed E-state index contributed by atoms with van der Waals surface area (Å²) < 4.78 is 8.40. The zero-order valence-electron chi connectivity index (χ0n) is 10.8. The highest BCUT2D eigenvalue weighted by Crippen LogP contribution is 2.31. The molecule has 102 valence electrons. The van der Waals surface area contributed by atoms with Gasteiger partial charge in [0.1, 0.15) is 11.3 Å². The van der Waals surface area contributed by atoms with Crippen LogP contribution in [-0.4, -0.2) is 15.6 Å². The van der Waals surface area contributed by atoms with E-state index >= 15 is 0 Å². The van der Waals surface area contributed by atoms with E-state index in [2.05, 4.69) is 15.9 Å². The molecule has 3 aromatic rings. The maximum atomic E-state index is 11.1. The zero-order valence-corrected chi connectivity index (χ0v) is 12.3. The Bertz CT molecular complexity index is 801. The molecular formula is C15H12BrNO3. The minimum Gasteiger partial charge on any atom is -0.478 e. The molecule has 5 heteroatoms. The van der Waals surface area contributed by atoms with Crippen molar-refractivity contribution in [3.05, 3.63) is 58.1 Å². The summed E-state index contributed by atoms with van der Waals surface area (Å²) in [5.74, 6) is -0.518. The molecule has 4 nitrogen and oxygen atoms in total. The van der Waals surface area contributed by atoms with Gasteiger partial charge in [0.25, 0.3) is 0 Å². The number of carboxylic acids is 1. The van der Waals surface area contributed by atoms with Gasteiger partial charge in [0.15, 0.2) is 0 Å². The van der Waals surface area contributed by atoms with Crippen molar-refractivity contribution in [1.29, 1.82) is 0 Å². The van der Waals surface area contributed by atoms with Gasteiger partial charge in [-0.05, 0) is 35.0 Å². The second-order valence-electron chi connectivity index (χ2n) is 4.57. The summed E-state index contributed by atoms with van der Waals surface area (Å²) in [6.45, 7) is 2.39. The van der Waals surface area contributed by atoms with E-state index in [4.69, 9.17) is 9.52 Å². The molecule has 3 rings (SSSR count). The lowest BCUT2D eigenvalue weighted by molar-refractivity contribution is 0.0694. The van der Waals surface area contributed by atoms with Crippen LogP contribution in [0.2, 0.25) is 0 Å². The Morgan fingerprint density at radius 2 is 2.10 bits per heavy atom. The number of rotatable bonds is 3. The molecule has 0 saturated carbocycles. The minimum absolute atomic E-state index is 0.207. The van der Waals surface area contributed by atoms with E-state index in [0.717, 1.165) is 21.1 Å². The number of hydrogen-bond donors (Lipinski definition) is 1. The van der Waals surface area contributed by atoms with Gasteiger partial charge in [0, 0.05) is 21.1 Å². The number of carboxylic acid groups (broad SMARTS) is 1. The summed E-state index contributed by atoms with van der Waals surface area (Å²) in [6.07, 6.45) is 1.41. The number of aromatic carboxylic acids is 1. The molecule has 0 unspecified atom stereocenters. The molecule has 0 spiro atoms. The molecule has 2 heterocycles. The normalized spacial score (nSPS) is 11.1. The van der Waals surface area contributed by atoms with Crippen LogP contribution < -0.4 is 0 Å². The first-order valence-electron chi connectivity index (χ1n) is 6.12. The Labute approximate surface area is 123 Å². The molecular weight excluding hydrogens is 322 g/mol. The number of furan rings is 1. The van der Waals surface area contributed by atoms with Crippen molar-refractivity contribution in [2.45, 2.75) is 13.5 Å². The van der Waals surface area contributed by atoms with Gasteiger partial charge in [0.05, 0.1) is 12.8 Å². The highest BCUT2D eigenvalue weighted by Gasteiger charge is 2.17. The Morgan fingerprint density at radius 1 is 1.35 bits per heavy atom. The van der Waals surface area contributed by atoms with Crippen molar-refractivity contribution in [2.75, 3.05) is 0 Å². The molecule has 0 aliphatic carbocycles. The maximum Gasteiger partial charge on any atom is 0.339 e. The third-order valence-corrected chi connectivity index (χ3v) is 4.43. The molecule has 0 amide bonds. The molecule has 1 N–H and O–H groups in total. The number of carbonyl (C=O) groups is 1. The Morgan fingerprint density at radius 3 is 2.85 bits per heavy atom. The Kier molecular flexibility index (Phi) is 3.14. The number of halogens is 1. The molecule has 0 saturated heterocycles. The second-order valence-corrected chi connectivity index (χ2v) is 5.36. The van der Waals surface area contributed by atoms with Gasteiger partial charge in [-0.1, -0.05) is 18.2 Å². The molecule has 0 aliphatic heterocycles. The van der Waals surface area contributed by atoms with Crippen molar-refractivity contribution in [3.63, 3.8) is 0 Å². The van der Waals surface area contributed by atoms with Gasteiger partial charge in [-0.15, -0.1) is 0 Å². The second kappa shape index (κ2) is 4.83. The first-order valence-corrected chi connectivity index (χ1v) is 6.92. The number of hydrogen-bond acceptors (Lipinski definition) is 2. The number of para-hydroxylation sites is 1. The highest BCUT2D eigenvalue weighted by molar-refractivity contribution is 9.10. The van der Waals surface area contributed by atoms with Gasteiger partial charge < -0.3 is 14.1 Å². The van der Waals surface area contributed by atoms with Crippen molar-refractivity contribution in [2.24, 2.45) is 0 Å². The summed E-state index contributed by atoms with van der Waals surface area (Å²) in [5, 5.41) is 10.2. The Hall–Kier alpha value is -2.01. The number of benzene rings is 1. The first kappa shape index (κ1) is 13.0. The van der Waals surface area contributed by atoms with E-state index in [1.807, 2.05) is 35.8 Å². The third kappa shape index (κ3) is 1.94. The lowest BCUT2D eigenvalue weighted by Crippen LogP contribution is -2.05. The van der Waals surface area contributed by atoms with Gasteiger partial charge >= 0.3 is 5.97 Å². The van der Waals surface area contributed by atoms with E-state index in [-0.39, 0.29) is 5.56 Å². The van der Waals surface area contributed by atoms with Crippen molar-refractivity contribution < 1.29 is 14.3 Å². The summed E-state index contributed by atoms with van der Waals surface area (Å²) in [4.78, 5) is 11.1. The van der Waals surface area contributed by atoms with Gasteiger partial charge in [-0.3, -0.25) is 0 Å². The molecule has 0 fully saturated rings. The van der Waals surface area contributed by atoms with Crippen LogP contribution >= 0.6 is 15.9 Å². The van der Waals surface area contributed by atoms with E-state index < -0.39 is 5.97 Å². The lowest BCUT2D eigenvalue weighted by atomic mass is 10.2. The Balaban J connectivity index is 2.14. The maximum absolute atomic E-state index is 11.1. The standard InChI is InChI=1S/C15H12BrNO3/c1-9-14(16)10-4-2-3-5-12(10)17(9)8-13-11(15(18)19)6-7-20-13/h2-7H,8H2,1H3,(H,18,19). The van der Waals surface area contributed by atoms with Gasteiger partial charge in [-0.2, -0.15) is 0 Å². The van der Waals surface area contributed by atoms with Gasteiger partial charge in [0.2, 0.25) is 0 Å². The predicted molar refractivity (Wildman–Crippen MR) is 79.1 cm³/mol. The summed E-state index contributed by atoms with van der Waals surface area (Å²) >= 11 is 3.59. The molecule has 0 bridgehead atoms. The van der Waals surface area contributed by atoms with Gasteiger partial charge in [-0.25, -0.2) is 4.79 Å². The molecule has 0 aliphatic rings.